The molecule has 1 atom stereocenters. The molecular weight excluding hydrogens is 482 g/mol. The van der Waals surface area contributed by atoms with Crippen molar-refractivity contribution in [1.82, 2.24) is 35.1 Å². The lowest BCUT2D eigenvalue weighted by molar-refractivity contribution is 0.0658. The molecule has 1 aliphatic heterocycles. The molecule has 11 nitrogen and oxygen atoms in total. The van der Waals surface area contributed by atoms with Gasteiger partial charge in [0.2, 0.25) is 5.95 Å². The second-order valence-corrected chi connectivity index (χ2v) is 9.60. The summed E-state index contributed by atoms with van der Waals surface area (Å²) >= 11 is 0. The second kappa shape index (κ2) is 11.4. The molecule has 4 heterocycles. The minimum atomic E-state index is -0.125. The molecule has 3 aromatic heterocycles. The Kier molecular flexibility index (Phi) is 7.64. The predicted molar refractivity (Wildman–Crippen MR) is 145 cm³/mol. The Morgan fingerprint density at radius 3 is 2.63 bits per heavy atom. The van der Waals surface area contributed by atoms with Crippen LogP contribution in [-0.4, -0.2) is 74.3 Å². The maximum Gasteiger partial charge on any atom is 0.272 e. The van der Waals surface area contributed by atoms with Gasteiger partial charge in [-0.25, -0.2) is 4.98 Å². The van der Waals surface area contributed by atoms with Gasteiger partial charge in [-0.05, 0) is 19.4 Å². The maximum atomic E-state index is 13.3. The molecule has 1 unspecified atom stereocenters. The fourth-order valence-electron chi connectivity index (χ4n) is 4.18. The number of benzene rings is 1. The fourth-order valence-corrected chi connectivity index (χ4v) is 4.18. The van der Waals surface area contributed by atoms with Crippen molar-refractivity contribution in [2.24, 2.45) is 0 Å². The number of nitrogens with zero attached hydrogens (tertiary/aromatic N) is 6. The van der Waals surface area contributed by atoms with Crippen molar-refractivity contribution in [1.29, 1.82) is 0 Å². The van der Waals surface area contributed by atoms with Crippen molar-refractivity contribution in [3.05, 3.63) is 65.7 Å². The van der Waals surface area contributed by atoms with Gasteiger partial charge in [0.25, 0.3) is 5.91 Å². The highest BCUT2D eigenvalue weighted by atomic mass is 16.5. The average Bonchev–Trinajstić information content (AvgIpc) is 3.62. The van der Waals surface area contributed by atoms with E-state index in [4.69, 9.17) is 4.52 Å². The number of hydrogen-bond donors (Lipinski definition) is 3. The van der Waals surface area contributed by atoms with E-state index in [0.29, 0.717) is 54.6 Å². The van der Waals surface area contributed by atoms with E-state index in [1.165, 1.54) is 0 Å². The monoisotopic (exact) mass is 515 g/mol. The highest BCUT2D eigenvalue weighted by molar-refractivity contribution is 5.93. The molecule has 1 fully saturated rings. The molecule has 0 radical (unpaired) electrons. The summed E-state index contributed by atoms with van der Waals surface area (Å²) in [5, 5.41) is 18.0. The van der Waals surface area contributed by atoms with Crippen LogP contribution < -0.4 is 10.6 Å². The zero-order chi connectivity index (χ0) is 26.5. The smallest absolute Gasteiger partial charge is 0.272 e. The van der Waals surface area contributed by atoms with Crippen molar-refractivity contribution in [3.63, 3.8) is 0 Å². The summed E-state index contributed by atoms with van der Waals surface area (Å²) < 4.78 is 5.51. The van der Waals surface area contributed by atoms with Crippen molar-refractivity contribution in [3.8, 4) is 11.3 Å². The van der Waals surface area contributed by atoms with Crippen LogP contribution in [0.1, 0.15) is 48.1 Å². The first-order chi connectivity index (χ1) is 18.5. The molecule has 198 valence electrons. The Bertz CT molecular complexity index is 1360. The molecule has 0 aliphatic carbocycles. The van der Waals surface area contributed by atoms with E-state index in [9.17, 15) is 4.79 Å². The first-order valence-corrected chi connectivity index (χ1v) is 12.9. The first kappa shape index (κ1) is 25.4. The molecule has 3 N–H and O–H groups in total. The molecule has 5 rings (SSSR count). The van der Waals surface area contributed by atoms with Gasteiger partial charge in [0, 0.05) is 55.6 Å². The zero-order valence-electron chi connectivity index (χ0n) is 21.9. The minimum Gasteiger partial charge on any atom is -0.359 e. The highest BCUT2D eigenvalue weighted by Gasteiger charge is 2.23. The van der Waals surface area contributed by atoms with Gasteiger partial charge in [-0.2, -0.15) is 10.1 Å². The summed E-state index contributed by atoms with van der Waals surface area (Å²) in [6.45, 7) is 7.55. The van der Waals surface area contributed by atoms with Crippen LogP contribution >= 0.6 is 0 Å². The molecule has 1 aliphatic rings. The number of aromatic amines is 1. The Labute approximate surface area is 221 Å². The molecule has 0 saturated carbocycles. The zero-order valence-corrected chi connectivity index (χ0v) is 21.9. The van der Waals surface area contributed by atoms with Gasteiger partial charge in [-0.1, -0.05) is 49.3 Å². The van der Waals surface area contributed by atoms with Crippen LogP contribution in [0, 0.1) is 0 Å². The van der Waals surface area contributed by atoms with Crippen LogP contribution in [0.15, 0.2) is 53.1 Å². The second-order valence-electron chi connectivity index (χ2n) is 9.60. The third-order valence-electron chi connectivity index (χ3n) is 6.78. The van der Waals surface area contributed by atoms with E-state index in [2.05, 4.69) is 61.8 Å². The molecule has 0 spiro atoms. The minimum absolute atomic E-state index is 0.125. The van der Waals surface area contributed by atoms with Crippen LogP contribution in [0.2, 0.25) is 0 Å². The number of aromatic nitrogens is 5. The lowest BCUT2D eigenvalue weighted by atomic mass is 10.1. The number of carbonyl (C=O) groups is 1. The molecule has 4 aromatic rings. The summed E-state index contributed by atoms with van der Waals surface area (Å²) in [5.41, 5.74) is 3.08. The topological polar surface area (TPSA) is 128 Å². The number of likely N-dealkylation sites (N-methyl/N-ethyl adjacent to an activating group) is 1. The van der Waals surface area contributed by atoms with E-state index in [1.807, 2.05) is 47.4 Å². The Morgan fingerprint density at radius 2 is 1.87 bits per heavy atom. The van der Waals surface area contributed by atoms with Gasteiger partial charge in [0.05, 0.1) is 6.54 Å². The molecule has 0 bridgehead atoms. The fraction of sp³-hybridized carbons (Fsp3) is 0.370. The number of carbonyl (C=O) groups excluding carboxylic acids is 1. The number of amides is 1. The van der Waals surface area contributed by atoms with Crippen molar-refractivity contribution in [2.45, 2.75) is 32.7 Å². The van der Waals surface area contributed by atoms with Crippen molar-refractivity contribution < 1.29 is 9.32 Å². The highest BCUT2D eigenvalue weighted by Crippen LogP contribution is 2.23. The van der Waals surface area contributed by atoms with Crippen LogP contribution in [-0.2, 0) is 6.54 Å². The van der Waals surface area contributed by atoms with E-state index in [1.54, 1.807) is 6.07 Å². The van der Waals surface area contributed by atoms with Gasteiger partial charge < -0.3 is 25.0 Å². The largest absolute Gasteiger partial charge is 0.359 e. The number of anilines is 3. The summed E-state index contributed by atoms with van der Waals surface area (Å²) in [6.07, 6.45) is 1.00. The van der Waals surface area contributed by atoms with Crippen molar-refractivity contribution >= 4 is 23.5 Å². The van der Waals surface area contributed by atoms with E-state index < -0.39 is 0 Å². The molecule has 1 aromatic carbocycles. The van der Waals surface area contributed by atoms with Crippen LogP contribution in [0.5, 0.6) is 0 Å². The van der Waals surface area contributed by atoms with Crippen LogP contribution in [0.25, 0.3) is 11.3 Å². The molecular formula is C27H33N9O2. The molecule has 1 amide bonds. The van der Waals surface area contributed by atoms with Gasteiger partial charge in [0.15, 0.2) is 11.6 Å². The lowest BCUT2D eigenvalue weighted by Crippen LogP contribution is -2.47. The predicted octanol–water partition coefficient (Wildman–Crippen LogP) is 4.11. The Morgan fingerprint density at radius 1 is 1.08 bits per heavy atom. The quantitative estimate of drug-likeness (QED) is 0.302. The third kappa shape index (κ3) is 6.00. The van der Waals surface area contributed by atoms with Crippen LogP contribution in [0.3, 0.4) is 0 Å². The number of nitrogens with one attached hydrogen (secondary N) is 3. The summed E-state index contributed by atoms with van der Waals surface area (Å²) in [6, 6.07) is 15.3. The molecule has 38 heavy (non-hydrogen) atoms. The van der Waals surface area contributed by atoms with Gasteiger partial charge in [-0.3, -0.25) is 9.89 Å². The SMILES string of the molecule is CCC(C)c1cc(Nc2cc(C(=O)N3CCN(C)CC3)nc(NCc3cc(-c4ccccc4)no3)n2)n[nH]1. The van der Waals surface area contributed by atoms with Gasteiger partial charge in [-0.15, -0.1) is 0 Å². The van der Waals surface area contributed by atoms with Gasteiger partial charge >= 0.3 is 0 Å². The number of rotatable bonds is 9. The summed E-state index contributed by atoms with van der Waals surface area (Å²) in [5.74, 6) is 2.28. The number of hydrogen-bond acceptors (Lipinski definition) is 9. The normalized spacial score (nSPS) is 14.9. The Hall–Kier alpha value is -4.25. The van der Waals surface area contributed by atoms with E-state index >= 15 is 0 Å². The first-order valence-electron chi connectivity index (χ1n) is 12.9. The van der Waals surface area contributed by atoms with Gasteiger partial charge in [0.1, 0.15) is 17.2 Å². The van der Waals surface area contributed by atoms with E-state index in [0.717, 1.165) is 36.5 Å². The van der Waals surface area contributed by atoms with Crippen LogP contribution in [0.4, 0.5) is 17.6 Å². The standard InChI is InChI=1S/C27H33N9O2/c1-4-18(2)21-15-25(33-32-21)30-24-16-23(26(37)36-12-10-35(3)11-13-36)29-27(31-24)28-17-20-14-22(34-38-20)19-8-6-5-7-9-19/h5-9,14-16,18H,4,10-13,17H2,1-3H3,(H3,28,29,30,31,32,33). The van der Waals surface area contributed by atoms with E-state index in [-0.39, 0.29) is 5.91 Å². The average molecular weight is 516 g/mol. The lowest BCUT2D eigenvalue weighted by Gasteiger charge is -2.32. The number of piperazine rings is 1. The number of H-pyrrole nitrogens is 1. The summed E-state index contributed by atoms with van der Waals surface area (Å²) in [7, 11) is 2.06. The third-order valence-corrected chi connectivity index (χ3v) is 6.78. The maximum absolute atomic E-state index is 13.3. The van der Waals surface area contributed by atoms with Crippen molar-refractivity contribution in [2.75, 3.05) is 43.9 Å². The molecule has 11 heteroatoms. The molecule has 1 saturated heterocycles. The summed E-state index contributed by atoms with van der Waals surface area (Å²) in [4.78, 5) is 26.5. The Balaban J connectivity index is 1.36.